The van der Waals surface area contributed by atoms with Gasteiger partial charge < -0.3 is 4.74 Å². The summed E-state index contributed by atoms with van der Waals surface area (Å²) in [5.74, 6) is 0.590. The average molecular weight is 216 g/mol. The summed E-state index contributed by atoms with van der Waals surface area (Å²) in [6, 6.07) is 3.49. The van der Waals surface area contributed by atoms with E-state index in [-0.39, 0.29) is 0 Å². The number of nitrogens with one attached hydrogen (secondary N) is 1. The first-order valence-electron chi connectivity index (χ1n) is 5.10. The molecule has 4 heteroatoms. The number of carbonyl (C=O) groups excluding carboxylic acids is 1. The molecule has 1 aliphatic carbocycles. The van der Waals surface area contributed by atoms with Crippen LogP contribution in [0.2, 0.25) is 0 Å². The molecule has 0 bridgehead atoms. The number of hydrogen-bond donors (Lipinski definition) is 1. The summed E-state index contributed by atoms with van der Waals surface area (Å²) in [4.78, 5) is 15.3. The molecule has 16 heavy (non-hydrogen) atoms. The Kier molecular flexibility index (Phi) is 3.33. The second-order valence-corrected chi connectivity index (χ2v) is 3.34. The molecule has 0 unspecified atom stereocenters. The van der Waals surface area contributed by atoms with Crippen molar-refractivity contribution in [2.45, 2.75) is 12.8 Å². The first-order chi connectivity index (χ1) is 7.84. The van der Waals surface area contributed by atoms with Gasteiger partial charge in [0.05, 0.1) is 11.9 Å². The molecule has 0 saturated carbocycles. The SMILES string of the molecule is O=C(Nc1cccnc1)OC1=CCCC=C1. The molecule has 4 nitrogen and oxygen atoms in total. The number of amides is 1. The van der Waals surface area contributed by atoms with Crippen molar-refractivity contribution in [2.24, 2.45) is 0 Å². The van der Waals surface area contributed by atoms with Gasteiger partial charge >= 0.3 is 6.09 Å². The van der Waals surface area contributed by atoms with Crippen LogP contribution in [0.15, 0.2) is 48.5 Å². The number of ether oxygens (including phenoxy) is 1. The van der Waals surface area contributed by atoms with Crippen molar-refractivity contribution < 1.29 is 9.53 Å². The lowest BCUT2D eigenvalue weighted by Crippen LogP contribution is -2.13. The molecule has 1 heterocycles. The third-order valence-corrected chi connectivity index (χ3v) is 2.08. The highest BCUT2D eigenvalue weighted by Crippen LogP contribution is 2.12. The first-order valence-corrected chi connectivity index (χ1v) is 5.10. The van der Waals surface area contributed by atoms with E-state index in [1.807, 2.05) is 12.2 Å². The summed E-state index contributed by atoms with van der Waals surface area (Å²) in [7, 11) is 0. The van der Waals surface area contributed by atoms with Gasteiger partial charge in [0.2, 0.25) is 0 Å². The van der Waals surface area contributed by atoms with E-state index in [0.717, 1.165) is 12.8 Å². The molecule has 0 spiro atoms. The molecule has 2 rings (SSSR count). The minimum atomic E-state index is -0.495. The van der Waals surface area contributed by atoms with Gasteiger partial charge in [-0.15, -0.1) is 0 Å². The van der Waals surface area contributed by atoms with E-state index in [0.29, 0.717) is 11.4 Å². The van der Waals surface area contributed by atoms with Crippen LogP contribution in [0.25, 0.3) is 0 Å². The molecule has 1 aliphatic rings. The summed E-state index contributed by atoms with van der Waals surface area (Å²) in [6.07, 6.45) is 10.3. The van der Waals surface area contributed by atoms with Gasteiger partial charge in [-0.05, 0) is 37.1 Å². The van der Waals surface area contributed by atoms with Crippen LogP contribution in [0, 0.1) is 0 Å². The second-order valence-electron chi connectivity index (χ2n) is 3.34. The Morgan fingerprint density at radius 3 is 3.06 bits per heavy atom. The summed E-state index contributed by atoms with van der Waals surface area (Å²) < 4.78 is 5.09. The first kappa shape index (κ1) is 10.4. The molecular weight excluding hydrogens is 204 g/mol. The molecule has 0 fully saturated rings. The van der Waals surface area contributed by atoms with Gasteiger partial charge in [-0.25, -0.2) is 4.79 Å². The number of nitrogens with zero attached hydrogens (tertiary/aromatic N) is 1. The van der Waals surface area contributed by atoms with Gasteiger partial charge in [0, 0.05) is 6.20 Å². The van der Waals surface area contributed by atoms with Gasteiger partial charge in [-0.2, -0.15) is 0 Å². The van der Waals surface area contributed by atoms with Crippen LogP contribution in [0.5, 0.6) is 0 Å². The van der Waals surface area contributed by atoms with Crippen LogP contribution in [-0.2, 0) is 4.74 Å². The largest absolute Gasteiger partial charge is 0.417 e. The maximum atomic E-state index is 11.4. The molecule has 1 aromatic rings. The van der Waals surface area contributed by atoms with Gasteiger partial charge in [0.25, 0.3) is 0 Å². The predicted molar refractivity (Wildman–Crippen MR) is 60.8 cm³/mol. The monoisotopic (exact) mass is 216 g/mol. The quantitative estimate of drug-likeness (QED) is 0.826. The molecule has 1 N–H and O–H groups in total. The highest BCUT2D eigenvalue weighted by molar-refractivity contribution is 5.85. The Bertz CT molecular complexity index is 424. The number of rotatable bonds is 2. The van der Waals surface area contributed by atoms with E-state index in [4.69, 9.17) is 4.74 Å². The fourth-order valence-electron chi connectivity index (χ4n) is 1.35. The van der Waals surface area contributed by atoms with Crippen molar-refractivity contribution in [1.29, 1.82) is 0 Å². The lowest BCUT2D eigenvalue weighted by molar-refractivity contribution is 0.194. The van der Waals surface area contributed by atoms with Crippen LogP contribution in [0.3, 0.4) is 0 Å². The molecule has 0 radical (unpaired) electrons. The lowest BCUT2D eigenvalue weighted by Gasteiger charge is -2.08. The van der Waals surface area contributed by atoms with E-state index in [9.17, 15) is 4.79 Å². The van der Waals surface area contributed by atoms with E-state index >= 15 is 0 Å². The van der Waals surface area contributed by atoms with E-state index < -0.39 is 6.09 Å². The van der Waals surface area contributed by atoms with E-state index in [1.54, 1.807) is 30.6 Å². The summed E-state index contributed by atoms with van der Waals surface area (Å²) in [5, 5.41) is 2.59. The number of anilines is 1. The molecule has 1 aromatic heterocycles. The van der Waals surface area contributed by atoms with Gasteiger partial charge in [0.15, 0.2) is 0 Å². The standard InChI is InChI=1S/C12H12N2O2/c15-12(14-10-5-4-8-13-9-10)16-11-6-2-1-3-7-11/h2,4-9H,1,3H2,(H,14,15). The normalized spacial score (nSPS) is 14.1. The lowest BCUT2D eigenvalue weighted by atomic mass is 10.2. The van der Waals surface area contributed by atoms with Crippen LogP contribution in [0.1, 0.15) is 12.8 Å². The minimum absolute atomic E-state index is 0.495. The summed E-state index contributed by atoms with van der Waals surface area (Å²) in [5.41, 5.74) is 0.618. The second kappa shape index (κ2) is 5.11. The Hall–Kier alpha value is -2.10. The third kappa shape index (κ3) is 2.95. The van der Waals surface area contributed by atoms with Crippen molar-refractivity contribution in [3.05, 3.63) is 48.5 Å². The smallest absolute Gasteiger partial charge is 0.410 e. The number of hydrogen-bond acceptors (Lipinski definition) is 3. The van der Waals surface area contributed by atoms with Crippen molar-refractivity contribution in [1.82, 2.24) is 4.98 Å². The molecule has 0 aliphatic heterocycles. The zero-order chi connectivity index (χ0) is 11.2. The molecule has 0 saturated heterocycles. The van der Waals surface area contributed by atoms with Crippen molar-refractivity contribution in [2.75, 3.05) is 5.32 Å². The summed E-state index contributed by atoms with van der Waals surface area (Å²) >= 11 is 0. The summed E-state index contributed by atoms with van der Waals surface area (Å²) in [6.45, 7) is 0. The number of pyridine rings is 1. The number of allylic oxidation sites excluding steroid dienone is 3. The minimum Gasteiger partial charge on any atom is -0.410 e. The Morgan fingerprint density at radius 1 is 1.44 bits per heavy atom. The van der Waals surface area contributed by atoms with Gasteiger partial charge in [-0.1, -0.05) is 6.08 Å². The molecule has 0 atom stereocenters. The Labute approximate surface area is 93.6 Å². The van der Waals surface area contributed by atoms with Crippen molar-refractivity contribution in [3.8, 4) is 0 Å². The average Bonchev–Trinajstić information content (AvgIpc) is 2.31. The van der Waals surface area contributed by atoms with Crippen molar-refractivity contribution in [3.63, 3.8) is 0 Å². The Morgan fingerprint density at radius 2 is 2.38 bits per heavy atom. The third-order valence-electron chi connectivity index (χ3n) is 2.08. The zero-order valence-electron chi connectivity index (χ0n) is 8.72. The maximum Gasteiger partial charge on any atom is 0.417 e. The maximum absolute atomic E-state index is 11.4. The highest BCUT2D eigenvalue weighted by Gasteiger charge is 2.06. The van der Waals surface area contributed by atoms with Crippen LogP contribution in [0.4, 0.5) is 10.5 Å². The topological polar surface area (TPSA) is 51.2 Å². The van der Waals surface area contributed by atoms with Crippen LogP contribution in [-0.4, -0.2) is 11.1 Å². The highest BCUT2D eigenvalue weighted by atomic mass is 16.6. The van der Waals surface area contributed by atoms with Crippen LogP contribution >= 0.6 is 0 Å². The van der Waals surface area contributed by atoms with Crippen LogP contribution < -0.4 is 5.32 Å². The number of aromatic nitrogens is 1. The number of carbonyl (C=O) groups is 1. The van der Waals surface area contributed by atoms with Gasteiger partial charge in [-0.3, -0.25) is 10.3 Å². The van der Waals surface area contributed by atoms with Crippen molar-refractivity contribution >= 4 is 11.8 Å². The molecular formula is C12H12N2O2. The van der Waals surface area contributed by atoms with E-state index in [2.05, 4.69) is 10.3 Å². The van der Waals surface area contributed by atoms with Gasteiger partial charge in [0.1, 0.15) is 5.76 Å². The zero-order valence-corrected chi connectivity index (χ0v) is 8.72. The molecule has 82 valence electrons. The predicted octanol–water partition coefficient (Wildman–Crippen LogP) is 2.86. The fraction of sp³-hybridized carbons (Fsp3) is 0.167. The Balaban J connectivity index is 1.89. The molecule has 1 amide bonds. The fourth-order valence-corrected chi connectivity index (χ4v) is 1.35. The molecule has 0 aromatic carbocycles. The van der Waals surface area contributed by atoms with E-state index in [1.165, 1.54) is 0 Å².